The Labute approximate surface area is 202 Å². The Morgan fingerprint density at radius 2 is 1.84 bits per heavy atom. The number of halogens is 3. The maximum absolute atomic E-state index is 12.4. The number of fused-ring (bicyclic) bond motifs is 1. The number of methoxy groups -OCH3 is 2. The van der Waals surface area contributed by atoms with Crippen LogP contribution >= 0.6 is 47.8 Å². The lowest BCUT2D eigenvalue weighted by atomic mass is 10.2. The summed E-state index contributed by atoms with van der Waals surface area (Å²) in [6, 6.07) is 8.57. The number of carbonyl (C=O) groups excluding carboxylic acids is 2. The molecule has 1 heterocycles. The summed E-state index contributed by atoms with van der Waals surface area (Å²) in [5, 5.41) is 4.74. The van der Waals surface area contributed by atoms with Gasteiger partial charge in [0.2, 0.25) is 0 Å². The summed E-state index contributed by atoms with van der Waals surface area (Å²) in [5.74, 6) is -0.171. The van der Waals surface area contributed by atoms with Gasteiger partial charge in [-0.1, -0.05) is 15.9 Å². The smallest absolute Gasteiger partial charge is 0.343 e. The van der Waals surface area contributed by atoms with Gasteiger partial charge in [-0.15, -0.1) is 0 Å². The SMILES string of the molecule is COC(=O)COc1cc(Br)c(/C=N\NC(=O)c2cc3cc(Br)cc(Br)c3o2)cc1OC. The van der Waals surface area contributed by atoms with Crippen molar-refractivity contribution in [3.05, 3.63) is 55.1 Å². The predicted octanol–water partition coefficient (Wildman–Crippen LogP) is 5.04. The number of amides is 1. The Balaban J connectivity index is 1.73. The molecule has 1 amide bonds. The van der Waals surface area contributed by atoms with Crippen molar-refractivity contribution in [2.24, 2.45) is 5.10 Å². The van der Waals surface area contributed by atoms with Crippen LogP contribution in [0.15, 0.2) is 53.3 Å². The Morgan fingerprint density at radius 1 is 1.06 bits per heavy atom. The monoisotopic (exact) mass is 616 g/mol. The first-order valence-corrected chi connectivity index (χ1v) is 11.0. The van der Waals surface area contributed by atoms with Gasteiger partial charge in [-0.3, -0.25) is 4.79 Å². The molecule has 31 heavy (non-hydrogen) atoms. The van der Waals surface area contributed by atoms with Crippen LogP contribution in [-0.2, 0) is 9.53 Å². The highest BCUT2D eigenvalue weighted by Crippen LogP contribution is 2.33. The van der Waals surface area contributed by atoms with E-state index < -0.39 is 11.9 Å². The van der Waals surface area contributed by atoms with Crippen LogP contribution in [0.4, 0.5) is 0 Å². The van der Waals surface area contributed by atoms with Crippen LogP contribution in [0.1, 0.15) is 16.1 Å². The molecule has 8 nitrogen and oxygen atoms in total. The molecule has 0 unspecified atom stereocenters. The minimum Gasteiger partial charge on any atom is -0.493 e. The van der Waals surface area contributed by atoms with Crippen molar-refractivity contribution in [3.8, 4) is 11.5 Å². The second-order valence-corrected chi connectivity index (χ2v) is 8.63. The van der Waals surface area contributed by atoms with Gasteiger partial charge in [-0.25, -0.2) is 10.2 Å². The van der Waals surface area contributed by atoms with Crippen LogP contribution in [0, 0.1) is 0 Å². The van der Waals surface area contributed by atoms with Gasteiger partial charge in [-0.05, 0) is 62.2 Å². The molecular formula is C20H15Br3N2O6. The second-order valence-electron chi connectivity index (χ2n) is 6.01. The summed E-state index contributed by atoms with van der Waals surface area (Å²) in [4.78, 5) is 23.7. The number of furan rings is 1. The van der Waals surface area contributed by atoms with Crippen molar-refractivity contribution in [1.29, 1.82) is 0 Å². The molecule has 0 bridgehead atoms. The number of nitrogens with one attached hydrogen (secondary N) is 1. The zero-order chi connectivity index (χ0) is 22.5. The molecule has 0 aliphatic heterocycles. The van der Waals surface area contributed by atoms with Gasteiger partial charge >= 0.3 is 11.9 Å². The van der Waals surface area contributed by atoms with Crippen molar-refractivity contribution >= 4 is 76.9 Å². The zero-order valence-corrected chi connectivity index (χ0v) is 21.0. The van der Waals surface area contributed by atoms with Crippen molar-refractivity contribution in [3.63, 3.8) is 0 Å². The molecule has 0 radical (unpaired) electrons. The number of nitrogens with zero attached hydrogens (tertiary/aromatic N) is 1. The fourth-order valence-corrected chi connectivity index (χ4v) is 4.28. The van der Waals surface area contributed by atoms with E-state index in [0.29, 0.717) is 27.1 Å². The number of ether oxygens (including phenoxy) is 3. The van der Waals surface area contributed by atoms with E-state index in [4.69, 9.17) is 13.9 Å². The Bertz CT molecular complexity index is 1180. The third-order valence-corrected chi connectivity index (χ3v) is 5.72. The molecule has 0 aliphatic carbocycles. The molecule has 2 aromatic carbocycles. The first-order chi connectivity index (χ1) is 14.8. The number of hydrogen-bond acceptors (Lipinski definition) is 7. The van der Waals surface area contributed by atoms with Crippen LogP contribution in [0.5, 0.6) is 11.5 Å². The molecule has 0 saturated carbocycles. The fourth-order valence-electron chi connectivity index (χ4n) is 2.52. The quantitative estimate of drug-likeness (QED) is 0.226. The number of esters is 1. The van der Waals surface area contributed by atoms with Gasteiger partial charge in [0, 0.05) is 19.9 Å². The molecule has 1 N–H and O–H groups in total. The van der Waals surface area contributed by atoms with Gasteiger partial charge < -0.3 is 18.6 Å². The standard InChI is InChI=1S/C20H15Br3N2O6/c1-28-15-5-11(13(22)7-16(15)30-9-18(26)29-2)8-24-25-20(27)17-4-10-3-12(21)6-14(23)19(10)31-17/h3-8H,9H2,1-2H3,(H,25,27)/b24-8-. The molecule has 0 spiro atoms. The summed E-state index contributed by atoms with van der Waals surface area (Å²) < 4.78 is 23.1. The van der Waals surface area contributed by atoms with E-state index in [-0.39, 0.29) is 12.4 Å². The highest BCUT2D eigenvalue weighted by molar-refractivity contribution is 9.11. The molecule has 3 aromatic rings. The first-order valence-electron chi connectivity index (χ1n) is 8.61. The number of benzene rings is 2. The fraction of sp³-hybridized carbons (Fsp3) is 0.150. The van der Waals surface area contributed by atoms with E-state index in [2.05, 4.69) is 63.1 Å². The van der Waals surface area contributed by atoms with Gasteiger partial charge in [-0.2, -0.15) is 5.10 Å². The normalized spacial score (nSPS) is 11.0. The topological polar surface area (TPSA) is 99.4 Å². The Hall–Kier alpha value is -2.37. The van der Waals surface area contributed by atoms with Crippen molar-refractivity contribution in [2.75, 3.05) is 20.8 Å². The van der Waals surface area contributed by atoms with Crippen LogP contribution in [0.3, 0.4) is 0 Å². The lowest BCUT2D eigenvalue weighted by molar-refractivity contribution is -0.142. The van der Waals surface area contributed by atoms with Crippen LogP contribution in [-0.4, -0.2) is 38.9 Å². The number of carbonyl (C=O) groups is 2. The number of hydrogen-bond donors (Lipinski definition) is 1. The summed E-state index contributed by atoms with van der Waals surface area (Å²) in [6.45, 7) is -0.257. The van der Waals surface area contributed by atoms with Crippen molar-refractivity contribution in [1.82, 2.24) is 5.43 Å². The highest BCUT2D eigenvalue weighted by Gasteiger charge is 2.15. The number of hydrazone groups is 1. The molecule has 0 aliphatic rings. The van der Waals surface area contributed by atoms with Gasteiger partial charge in [0.1, 0.15) is 5.58 Å². The van der Waals surface area contributed by atoms with Crippen molar-refractivity contribution < 1.29 is 28.2 Å². The molecule has 162 valence electrons. The van der Waals surface area contributed by atoms with E-state index in [1.165, 1.54) is 20.4 Å². The van der Waals surface area contributed by atoms with Gasteiger partial charge in [0.25, 0.3) is 0 Å². The molecule has 1 aromatic heterocycles. The Kier molecular flexibility index (Phi) is 7.74. The average Bonchev–Trinajstić information content (AvgIpc) is 3.17. The minimum absolute atomic E-state index is 0.120. The second kappa shape index (κ2) is 10.3. The third-order valence-electron chi connectivity index (χ3n) is 3.99. The zero-order valence-electron chi connectivity index (χ0n) is 16.2. The summed E-state index contributed by atoms with van der Waals surface area (Å²) in [5.41, 5.74) is 3.60. The number of rotatable bonds is 7. The maximum Gasteiger partial charge on any atom is 0.343 e. The minimum atomic E-state index is -0.517. The first kappa shape index (κ1) is 23.3. The molecule has 0 saturated heterocycles. The van der Waals surface area contributed by atoms with Crippen LogP contribution < -0.4 is 14.9 Å². The van der Waals surface area contributed by atoms with E-state index in [1.807, 2.05) is 12.1 Å². The Morgan fingerprint density at radius 3 is 2.55 bits per heavy atom. The lowest BCUT2D eigenvalue weighted by Gasteiger charge is -2.11. The van der Waals surface area contributed by atoms with E-state index in [9.17, 15) is 9.59 Å². The maximum atomic E-state index is 12.4. The van der Waals surface area contributed by atoms with E-state index >= 15 is 0 Å². The lowest BCUT2D eigenvalue weighted by Crippen LogP contribution is -2.16. The average molecular weight is 619 g/mol. The summed E-state index contributed by atoms with van der Waals surface area (Å²) in [6.07, 6.45) is 1.43. The molecule has 3 rings (SSSR count). The summed E-state index contributed by atoms with van der Waals surface area (Å²) >= 11 is 10.2. The van der Waals surface area contributed by atoms with Crippen LogP contribution in [0.25, 0.3) is 11.0 Å². The molecular weight excluding hydrogens is 604 g/mol. The van der Waals surface area contributed by atoms with E-state index in [1.54, 1.807) is 18.2 Å². The van der Waals surface area contributed by atoms with Gasteiger partial charge in [0.15, 0.2) is 23.9 Å². The largest absolute Gasteiger partial charge is 0.493 e. The van der Waals surface area contributed by atoms with Gasteiger partial charge in [0.05, 0.1) is 24.9 Å². The molecule has 0 atom stereocenters. The van der Waals surface area contributed by atoms with Crippen LogP contribution in [0.2, 0.25) is 0 Å². The highest BCUT2D eigenvalue weighted by atomic mass is 79.9. The third kappa shape index (κ3) is 5.66. The predicted molar refractivity (Wildman–Crippen MR) is 125 cm³/mol. The summed E-state index contributed by atoms with van der Waals surface area (Å²) in [7, 11) is 2.74. The molecule has 0 fully saturated rings. The van der Waals surface area contributed by atoms with Crippen molar-refractivity contribution in [2.45, 2.75) is 0 Å². The molecule has 11 heteroatoms. The van der Waals surface area contributed by atoms with E-state index in [0.717, 1.165) is 14.3 Å².